The van der Waals surface area contributed by atoms with E-state index in [0.717, 1.165) is 0 Å². The number of ketones is 1. The third-order valence-electron chi connectivity index (χ3n) is 4.71. The molecule has 26 heavy (non-hydrogen) atoms. The molecule has 2 rings (SSSR count). The first-order chi connectivity index (χ1) is 12.4. The number of halogens is 1. The fourth-order valence-electron chi connectivity index (χ4n) is 3.44. The highest BCUT2D eigenvalue weighted by Crippen LogP contribution is 2.33. The zero-order valence-electron chi connectivity index (χ0n) is 15.4. The third-order valence-corrected chi connectivity index (χ3v) is 4.71. The van der Waals surface area contributed by atoms with E-state index in [1.807, 2.05) is 0 Å². The minimum absolute atomic E-state index is 0.00317. The molecule has 1 amide bonds. The van der Waals surface area contributed by atoms with Crippen LogP contribution >= 0.6 is 0 Å². The summed E-state index contributed by atoms with van der Waals surface area (Å²) < 4.78 is 18.7. The molecule has 142 valence electrons. The molecule has 1 unspecified atom stereocenters. The van der Waals surface area contributed by atoms with Crippen LogP contribution in [0.25, 0.3) is 0 Å². The summed E-state index contributed by atoms with van der Waals surface area (Å²) in [5.74, 6) is -0.873. The predicted molar refractivity (Wildman–Crippen MR) is 94.7 cm³/mol. The highest BCUT2D eigenvalue weighted by Gasteiger charge is 2.37. The number of benzene rings is 1. The fourth-order valence-corrected chi connectivity index (χ4v) is 3.44. The van der Waals surface area contributed by atoms with Gasteiger partial charge in [0.15, 0.2) is 0 Å². The molecule has 1 aliphatic heterocycles. The lowest BCUT2D eigenvalue weighted by molar-refractivity contribution is -0.145. The number of carbonyl (C=O) groups is 3. The zero-order chi connectivity index (χ0) is 19.1. The number of likely N-dealkylation sites (tertiary alicyclic amines) is 1. The molecule has 0 aliphatic carbocycles. The Labute approximate surface area is 153 Å². The summed E-state index contributed by atoms with van der Waals surface area (Å²) in [6, 6.07) is 5.47. The van der Waals surface area contributed by atoms with E-state index in [1.54, 1.807) is 30.9 Å². The van der Waals surface area contributed by atoms with Gasteiger partial charge in [-0.3, -0.25) is 9.59 Å². The second-order valence-electron chi connectivity index (χ2n) is 6.69. The van der Waals surface area contributed by atoms with Gasteiger partial charge in [0.25, 0.3) is 0 Å². The van der Waals surface area contributed by atoms with Gasteiger partial charge in [0.1, 0.15) is 11.6 Å². The Kier molecular flexibility index (Phi) is 7.30. The molecule has 0 aromatic heterocycles. The van der Waals surface area contributed by atoms with Crippen molar-refractivity contribution in [2.45, 2.75) is 52.0 Å². The molecule has 1 saturated heterocycles. The van der Waals surface area contributed by atoms with Crippen LogP contribution in [-0.2, 0) is 19.1 Å². The van der Waals surface area contributed by atoms with Crippen molar-refractivity contribution in [3.8, 4) is 0 Å². The van der Waals surface area contributed by atoms with Crippen LogP contribution in [0.4, 0.5) is 4.39 Å². The van der Waals surface area contributed by atoms with Crippen LogP contribution in [0.5, 0.6) is 0 Å². The van der Waals surface area contributed by atoms with E-state index < -0.39 is 17.8 Å². The summed E-state index contributed by atoms with van der Waals surface area (Å²) in [6.45, 7) is 4.05. The molecular formula is C20H26FNO4. The largest absolute Gasteiger partial charge is 0.466 e. The highest BCUT2D eigenvalue weighted by molar-refractivity contribution is 5.82. The van der Waals surface area contributed by atoms with E-state index in [2.05, 4.69) is 0 Å². The van der Waals surface area contributed by atoms with Gasteiger partial charge in [0.05, 0.1) is 19.1 Å². The smallest absolute Gasteiger partial charge is 0.308 e. The van der Waals surface area contributed by atoms with Crippen molar-refractivity contribution in [3.63, 3.8) is 0 Å². The van der Waals surface area contributed by atoms with Crippen molar-refractivity contribution >= 4 is 17.7 Å². The zero-order valence-corrected chi connectivity index (χ0v) is 15.4. The van der Waals surface area contributed by atoms with Crippen molar-refractivity contribution in [1.29, 1.82) is 0 Å². The van der Waals surface area contributed by atoms with Crippen LogP contribution in [0.2, 0.25) is 0 Å². The van der Waals surface area contributed by atoms with Crippen molar-refractivity contribution in [1.82, 2.24) is 4.90 Å². The third kappa shape index (κ3) is 5.38. The van der Waals surface area contributed by atoms with E-state index in [-0.39, 0.29) is 30.6 Å². The minimum Gasteiger partial charge on any atom is -0.466 e. The molecular weight excluding hydrogens is 337 g/mol. The Morgan fingerprint density at radius 1 is 1.38 bits per heavy atom. The van der Waals surface area contributed by atoms with E-state index in [0.29, 0.717) is 37.8 Å². The molecule has 1 heterocycles. The van der Waals surface area contributed by atoms with E-state index in [4.69, 9.17) is 4.74 Å². The maximum Gasteiger partial charge on any atom is 0.308 e. The summed E-state index contributed by atoms with van der Waals surface area (Å²) in [6.07, 6.45) is 2.50. The number of esters is 1. The van der Waals surface area contributed by atoms with Crippen molar-refractivity contribution in [2.75, 3.05) is 13.2 Å². The molecule has 2 atom stereocenters. The fraction of sp³-hybridized carbons (Fsp3) is 0.550. The quantitative estimate of drug-likeness (QED) is 0.631. The number of nitrogens with zero attached hydrogens (tertiary/aromatic N) is 1. The van der Waals surface area contributed by atoms with Crippen LogP contribution in [0, 0.1) is 11.7 Å². The number of hydrogen-bond acceptors (Lipinski definition) is 4. The van der Waals surface area contributed by atoms with Gasteiger partial charge < -0.3 is 14.4 Å². The first-order valence-electron chi connectivity index (χ1n) is 9.13. The first kappa shape index (κ1) is 20.1. The van der Waals surface area contributed by atoms with Crippen LogP contribution in [0.1, 0.15) is 57.6 Å². The number of Topliss-reactive ketones (excluding diaryl/α,β-unsaturated/α-hetero) is 1. The molecule has 5 nitrogen and oxygen atoms in total. The maximum absolute atomic E-state index is 13.7. The summed E-state index contributed by atoms with van der Waals surface area (Å²) >= 11 is 0. The minimum atomic E-state index is -0.532. The number of amides is 1. The number of rotatable bonds is 9. The summed E-state index contributed by atoms with van der Waals surface area (Å²) in [7, 11) is 0. The molecule has 0 radical (unpaired) electrons. The Balaban J connectivity index is 2.13. The molecule has 1 aliphatic rings. The predicted octanol–water partition coefficient (Wildman–Crippen LogP) is 3.43. The van der Waals surface area contributed by atoms with Crippen LogP contribution in [0.3, 0.4) is 0 Å². The lowest BCUT2D eigenvalue weighted by atomic mass is 9.99. The molecule has 1 fully saturated rings. The Morgan fingerprint density at radius 2 is 2.15 bits per heavy atom. The molecule has 0 spiro atoms. The average molecular weight is 363 g/mol. The van der Waals surface area contributed by atoms with Gasteiger partial charge in [0, 0.05) is 18.9 Å². The van der Waals surface area contributed by atoms with Crippen LogP contribution in [-0.4, -0.2) is 35.7 Å². The second-order valence-corrected chi connectivity index (χ2v) is 6.69. The summed E-state index contributed by atoms with van der Waals surface area (Å²) in [5, 5.41) is 0. The van der Waals surface area contributed by atoms with E-state index in [9.17, 15) is 18.8 Å². The van der Waals surface area contributed by atoms with E-state index in [1.165, 1.54) is 12.1 Å². The van der Waals surface area contributed by atoms with Gasteiger partial charge >= 0.3 is 5.97 Å². The van der Waals surface area contributed by atoms with Gasteiger partial charge in [-0.2, -0.15) is 0 Å². The Hall–Kier alpha value is -2.24. The summed E-state index contributed by atoms with van der Waals surface area (Å²) in [4.78, 5) is 37.6. The molecule has 6 heteroatoms. The lowest BCUT2D eigenvalue weighted by Gasteiger charge is -2.28. The van der Waals surface area contributed by atoms with Crippen molar-refractivity contribution < 1.29 is 23.5 Å². The SMILES string of the molecule is CCOC(=O)C[C@@H](c1cccc(F)c1)N1CCC(CCCC(C)=O)C1=O. The second kappa shape index (κ2) is 9.46. The topological polar surface area (TPSA) is 63.7 Å². The monoisotopic (exact) mass is 363 g/mol. The van der Waals surface area contributed by atoms with Gasteiger partial charge in [-0.1, -0.05) is 12.1 Å². The van der Waals surface area contributed by atoms with E-state index >= 15 is 0 Å². The molecule has 0 bridgehead atoms. The van der Waals surface area contributed by atoms with Crippen molar-refractivity contribution in [3.05, 3.63) is 35.6 Å². The average Bonchev–Trinajstić information content (AvgIpc) is 2.93. The highest BCUT2D eigenvalue weighted by atomic mass is 19.1. The normalized spacial score (nSPS) is 18.0. The van der Waals surface area contributed by atoms with Gasteiger partial charge in [-0.05, 0) is 50.8 Å². The number of carbonyl (C=O) groups excluding carboxylic acids is 3. The molecule has 0 N–H and O–H groups in total. The van der Waals surface area contributed by atoms with Crippen LogP contribution in [0.15, 0.2) is 24.3 Å². The van der Waals surface area contributed by atoms with Crippen LogP contribution < -0.4 is 0 Å². The van der Waals surface area contributed by atoms with Gasteiger partial charge in [-0.25, -0.2) is 4.39 Å². The standard InChI is InChI=1S/C20H26FNO4/c1-3-26-19(24)13-18(16-8-5-9-17(21)12-16)22-11-10-15(20(22)25)7-4-6-14(2)23/h5,8-9,12,15,18H,3-4,6-7,10-11,13H2,1-2H3/t15?,18-/m0/s1. The Morgan fingerprint density at radius 3 is 2.81 bits per heavy atom. The lowest BCUT2D eigenvalue weighted by Crippen LogP contribution is -2.33. The van der Waals surface area contributed by atoms with Gasteiger partial charge in [-0.15, -0.1) is 0 Å². The maximum atomic E-state index is 13.7. The van der Waals surface area contributed by atoms with Gasteiger partial charge in [0.2, 0.25) is 5.91 Å². The van der Waals surface area contributed by atoms with Crippen molar-refractivity contribution in [2.24, 2.45) is 5.92 Å². The molecule has 1 aromatic rings. The summed E-state index contributed by atoms with van der Waals surface area (Å²) in [5.41, 5.74) is 0.593. The molecule has 1 aromatic carbocycles. The number of ether oxygens (including phenoxy) is 1. The molecule has 0 saturated carbocycles. The number of hydrogen-bond donors (Lipinski definition) is 0. The first-order valence-corrected chi connectivity index (χ1v) is 9.13. The Bertz CT molecular complexity index is 661.